The first-order valence-corrected chi connectivity index (χ1v) is 12.5. The number of nitrogens with zero attached hydrogens (tertiary/aromatic N) is 2. The molecule has 196 valence electrons. The molecule has 2 atom stereocenters. The van der Waals surface area contributed by atoms with Gasteiger partial charge in [0, 0.05) is 25.9 Å². The van der Waals surface area contributed by atoms with Crippen molar-refractivity contribution in [1.82, 2.24) is 9.80 Å². The Morgan fingerprint density at radius 1 is 0.806 bits per heavy atom. The lowest BCUT2D eigenvalue weighted by molar-refractivity contribution is -0.218. The second-order valence-electron chi connectivity index (χ2n) is 12.1. The Hall–Kier alpha value is -3.06. The maximum absolute atomic E-state index is 13.1. The van der Waals surface area contributed by atoms with E-state index < -0.39 is 40.2 Å². The molecule has 0 bridgehead atoms. The highest BCUT2D eigenvalue weighted by Crippen LogP contribution is 2.55. The molecule has 3 N–H and O–H groups in total. The molecule has 1 aliphatic heterocycles. The van der Waals surface area contributed by atoms with Gasteiger partial charge in [-0.15, -0.1) is 0 Å². The summed E-state index contributed by atoms with van der Waals surface area (Å²) in [6.45, 7) is 11.5. The fourth-order valence-corrected chi connectivity index (χ4v) is 6.65. The number of aliphatic hydroxyl groups is 1. The number of carbonyl (C=O) groups is 2. The summed E-state index contributed by atoms with van der Waals surface area (Å²) < 4.78 is 0. The van der Waals surface area contributed by atoms with Gasteiger partial charge in [0.25, 0.3) is 0 Å². The Bertz CT molecular complexity index is 1020. The molecular formula is C29H40N2O5. The van der Waals surface area contributed by atoms with Crippen LogP contribution in [0.5, 0.6) is 0 Å². The van der Waals surface area contributed by atoms with Gasteiger partial charge in [0.05, 0.1) is 11.6 Å². The van der Waals surface area contributed by atoms with Crippen LogP contribution in [0.3, 0.4) is 0 Å². The first-order chi connectivity index (χ1) is 16.6. The lowest BCUT2D eigenvalue weighted by Crippen LogP contribution is -2.85. The fourth-order valence-electron chi connectivity index (χ4n) is 6.65. The maximum atomic E-state index is 13.1. The Morgan fingerprint density at radius 3 is 1.58 bits per heavy atom. The molecule has 0 spiro atoms. The average molecular weight is 497 g/mol. The van der Waals surface area contributed by atoms with Crippen molar-refractivity contribution < 1.29 is 24.9 Å². The number of hydrogen-bond donors (Lipinski definition) is 3. The second-order valence-corrected chi connectivity index (χ2v) is 12.1. The fraction of sp³-hybridized carbons (Fsp3) is 0.517. The van der Waals surface area contributed by atoms with Gasteiger partial charge in [0.2, 0.25) is 0 Å². The third-order valence-electron chi connectivity index (χ3n) is 7.53. The largest absolute Gasteiger partial charge is 0.465 e. The van der Waals surface area contributed by atoms with Crippen molar-refractivity contribution in [2.24, 2.45) is 10.8 Å². The lowest BCUT2D eigenvalue weighted by Gasteiger charge is -2.68. The Morgan fingerprint density at radius 2 is 1.25 bits per heavy atom. The molecule has 36 heavy (non-hydrogen) atoms. The van der Waals surface area contributed by atoms with Crippen LogP contribution in [-0.4, -0.2) is 67.6 Å². The highest BCUT2D eigenvalue weighted by molar-refractivity contribution is 5.71. The zero-order chi connectivity index (χ0) is 26.9. The standard InChI is InChI=1S/C29H40N2O5/c1-26(2,3)23-29(27(4,5)6,31(25(34)35)18-17-30(23)24(32)33)28(36,19-21-13-9-7-10-14-21)20-22-15-11-8-12-16-22/h7-16,23,36H,17-20H2,1-6H3,(H,32,33)(H,34,35). The molecule has 2 aromatic carbocycles. The topological polar surface area (TPSA) is 101 Å². The van der Waals surface area contributed by atoms with E-state index in [1.165, 1.54) is 9.80 Å². The van der Waals surface area contributed by atoms with Crippen molar-refractivity contribution in [3.05, 3.63) is 71.8 Å². The molecule has 0 radical (unpaired) electrons. The summed E-state index contributed by atoms with van der Waals surface area (Å²) in [4.78, 5) is 28.3. The van der Waals surface area contributed by atoms with E-state index in [9.17, 15) is 24.9 Å². The molecule has 3 rings (SSSR count). The minimum absolute atomic E-state index is 0.0304. The summed E-state index contributed by atoms with van der Waals surface area (Å²) in [5, 5.41) is 34.0. The Balaban J connectivity index is 2.44. The maximum Gasteiger partial charge on any atom is 0.408 e. The number of benzene rings is 2. The number of rotatable bonds is 5. The third-order valence-corrected chi connectivity index (χ3v) is 7.53. The van der Waals surface area contributed by atoms with Crippen LogP contribution in [0, 0.1) is 10.8 Å². The average Bonchev–Trinajstić information content (AvgIpc) is 2.77. The Labute approximate surface area is 214 Å². The molecule has 1 aliphatic rings. The first-order valence-electron chi connectivity index (χ1n) is 12.5. The molecule has 0 saturated carbocycles. The quantitative estimate of drug-likeness (QED) is 0.516. The van der Waals surface area contributed by atoms with Crippen LogP contribution in [0.1, 0.15) is 52.7 Å². The summed E-state index contributed by atoms with van der Waals surface area (Å²) in [5.74, 6) is 0. The van der Waals surface area contributed by atoms with Crippen molar-refractivity contribution in [1.29, 1.82) is 0 Å². The van der Waals surface area contributed by atoms with E-state index in [1.807, 2.05) is 102 Å². The number of carboxylic acid groups (broad SMARTS) is 2. The monoisotopic (exact) mass is 496 g/mol. The SMILES string of the molecule is CC(C)(C)C1N(C(=O)O)CCN(C(=O)O)C1(C(C)(C)C)C(O)(Cc1ccccc1)Cc1ccccc1. The van der Waals surface area contributed by atoms with E-state index in [1.54, 1.807) is 0 Å². The van der Waals surface area contributed by atoms with E-state index in [4.69, 9.17) is 0 Å². The van der Waals surface area contributed by atoms with Crippen LogP contribution in [0.4, 0.5) is 9.59 Å². The minimum atomic E-state index is -1.65. The summed E-state index contributed by atoms with van der Waals surface area (Å²) in [6, 6.07) is 18.2. The van der Waals surface area contributed by atoms with E-state index >= 15 is 0 Å². The first kappa shape index (κ1) is 27.5. The van der Waals surface area contributed by atoms with Gasteiger partial charge in [-0.05, 0) is 22.0 Å². The van der Waals surface area contributed by atoms with Crippen LogP contribution >= 0.6 is 0 Å². The highest BCUT2D eigenvalue weighted by Gasteiger charge is 2.70. The van der Waals surface area contributed by atoms with Gasteiger partial charge in [-0.25, -0.2) is 9.59 Å². The van der Waals surface area contributed by atoms with E-state index in [0.717, 1.165) is 11.1 Å². The number of amides is 2. The van der Waals surface area contributed by atoms with Gasteiger partial charge in [-0.2, -0.15) is 0 Å². The molecular weight excluding hydrogens is 456 g/mol. The van der Waals surface area contributed by atoms with Gasteiger partial charge < -0.3 is 20.2 Å². The molecule has 7 nitrogen and oxygen atoms in total. The van der Waals surface area contributed by atoms with Crippen LogP contribution in [0.25, 0.3) is 0 Å². The molecule has 7 heteroatoms. The van der Waals surface area contributed by atoms with Crippen LogP contribution in [0.2, 0.25) is 0 Å². The van der Waals surface area contributed by atoms with E-state index in [0.29, 0.717) is 0 Å². The van der Waals surface area contributed by atoms with Gasteiger partial charge in [-0.3, -0.25) is 4.90 Å². The van der Waals surface area contributed by atoms with Gasteiger partial charge in [0.1, 0.15) is 5.54 Å². The number of piperazine rings is 1. The molecule has 1 fully saturated rings. The predicted molar refractivity (Wildman–Crippen MR) is 140 cm³/mol. The summed E-state index contributed by atoms with van der Waals surface area (Å²) in [5.41, 5.74) is -2.99. The number of hydrogen-bond acceptors (Lipinski definition) is 3. The van der Waals surface area contributed by atoms with Crippen LogP contribution < -0.4 is 0 Å². The van der Waals surface area contributed by atoms with Gasteiger partial charge in [0.15, 0.2) is 0 Å². The predicted octanol–water partition coefficient (Wildman–Crippen LogP) is 5.38. The highest BCUT2D eigenvalue weighted by atomic mass is 16.4. The van der Waals surface area contributed by atoms with E-state index in [2.05, 4.69) is 0 Å². The van der Waals surface area contributed by atoms with Crippen molar-refractivity contribution in [2.75, 3.05) is 13.1 Å². The summed E-state index contributed by atoms with van der Waals surface area (Å²) >= 11 is 0. The molecule has 2 amide bonds. The van der Waals surface area contributed by atoms with Gasteiger partial charge in [-0.1, -0.05) is 102 Å². The van der Waals surface area contributed by atoms with Crippen LogP contribution in [0.15, 0.2) is 60.7 Å². The van der Waals surface area contributed by atoms with Gasteiger partial charge >= 0.3 is 12.2 Å². The smallest absolute Gasteiger partial charge is 0.408 e. The van der Waals surface area contributed by atoms with Crippen molar-refractivity contribution in [2.45, 2.75) is 71.6 Å². The Kier molecular flexibility index (Phi) is 7.47. The van der Waals surface area contributed by atoms with E-state index in [-0.39, 0.29) is 25.9 Å². The summed E-state index contributed by atoms with van der Waals surface area (Å²) in [6.07, 6.45) is -1.97. The normalized spacial score (nSPS) is 21.4. The molecule has 1 heterocycles. The zero-order valence-electron chi connectivity index (χ0n) is 22.2. The molecule has 0 aliphatic carbocycles. The second kappa shape index (κ2) is 9.77. The lowest BCUT2D eigenvalue weighted by atomic mass is 9.51. The minimum Gasteiger partial charge on any atom is -0.465 e. The van der Waals surface area contributed by atoms with Crippen molar-refractivity contribution >= 4 is 12.2 Å². The third kappa shape index (κ3) is 4.81. The molecule has 2 unspecified atom stereocenters. The van der Waals surface area contributed by atoms with Crippen molar-refractivity contribution in [3.8, 4) is 0 Å². The molecule has 0 aromatic heterocycles. The molecule has 1 saturated heterocycles. The van der Waals surface area contributed by atoms with Crippen LogP contribution in [-0.2, 0) is 12.8 Å². The van der Waals surface area contributed by atoms with Crippen molar-refractivity contribution in [3.63, 3.8) is 0 Å². The summed E-state index contributed by atoms with van der Waals surface area (Å²) in [7, 11) is 0. The molecule has 2 aromatic rings. The zero-order valence-corrected chi connectivity index (χ0v) is 22.2.